The second-order valence-corrected chi connectivity index (χ2v) is 15.3. The van der Waals surface area contributed by atoms with Crippen molar-refractivity contribution < 1.29 is 51.0 Å². The van der Waals surface area contributed by atoms with Crippen LogP contribution >= 0.6 is 0 Å². The number of rotatable bonds is 4. The molecule has 0 fully saturated rings. The molecule has 0 unspecified atom stereocenters. The van der Waals surface area contributed by atoms with Crippen LogP contribution in [0.2, 0.25) is 13.1 Å². The van der Waals surface area contributed by atoms with Crippen LogP contribution in [0.5, 0.6) is 0 Å². The number of halogens is 2. The minimum Gasteiger partial charge on any atom is -1.00 e. The molecule has 0 aromatic rings. The molecule has 30 heavy (non-hydrogen) atoms. The molecule has 0 saturated heterocycles. The van der Waals surface area contributed by atoms with Crippen molar-refractivity contribution >= 4 is 8.07 Å². The quantitative estimate of drug-likeness (QED) is 0.355. The Morgan fingerprint density at radius 2 is 0.933 bits per heavy atom. The van der Waals surface area contributed by atoms with E-state index >= 15 is 0 Å². The predicted molar refractivity (Wildman–Crippen MR) is 121 cm³/mol. The molecule has 0 bridgehead atoms. The maximum atomic E-state index is 3.73. The summed E-state index contributed by atoms with van der Waals surface area (Å²) in [5.41, 5.74) is 6.13. The zero-order chi connectivity index (χ0) is 20.9. The van der Waals surface area contributed by atoms with Crippen molar-refractivity contribution in [3.63, 3.8) is 0 Å². The summed E-state index contributed by atoms with van der Waals surface area (Å²) < 4.78 is 0. The van der Waals surface area contributed by atoms with Crippen molar-refractivity contribution in [1.29, 1.82) is 0 Å². The normalized spacial score (nSPS) is 17.1. The van der Waals surface area contributed by atoms with Crippen LogP contribution in [0.4, 0.5) is 0 Å². The van der Waals surface area contributed by atoms with Gasteiger partial charge in [-0.1, -0.05) is 62.7 Å². The van der Waals surface area contributed by atoms with E-state index < -0.39 is 8.07 Å². The Bertz CT molecular complexity index is 684. The zero-order valence-corrected chi connectivity index (χ0v) is 26.0. The third-order valence-electron chi connectivity index (χ3n) is 5.90. The smallest absolute Gasteiger partial charge is 1.00 e. The van der Waals surface area contributed by atoms with Gasteiger partial charge in [0.15, 0.2) is 0 Å². The second-order valence-electron chi connectivity index (χ2n) is 11.0. The summed E-state index contributed by atoms with van der Waals surface area (Å²) in [4.78, 5) is 4.55. The number of hydrogen-bond donors (Lipinski definition) is 0. The monoisotopic (exact) mass is 544 g/mol. The van der Waals surface area contributed by atoms with E-state index in [1.54, 1.807) is 21.5 Å². The van der Waals surface area contributed by atoms with Gasteiger partial charge in [-0.15, -0.1) is 24.2 Å². The Morgan fingerprint density at radius 1 is 0.667 bits per heavy atom. The largest absolute Gasteiger partial charge is 4.00 e. The number of hydrogen-bond acceptors (Lipinski definition) is 2. The molecular formula is C24H40Cl2N2SiZr. The van der Waals surface area contributed by atoms with Crippen LogP contribution in [-0.4, -0.2) is 46.1 Å². The van der Waals surface area contributed by atoms with Crippen LogP contribution in [0.3, 0.4) is 0 Å². The molecule has 168 valence electrons. The molecule has 2 rings (SSSR count). The minimum absolute atomic E-state index is 0. The second kappa shape index (κ2) is 10.9. The zero-order valence-electron chi connectivity index (χ0n) is 21.1. The van der Waals surface area contributed by atoms with E-state index in [1.807, 2.05) is 0 Å². The van der Waals surface area contributed by atoms with E-state index in [-0.39, 0.29) is 61.8 Å². The molecule has 0 amide bonds. The fraction of sp³-hybridized carbons (Fsp3) is 0.667. The molecule has 0 spiro atoms. The standard InChI is InChI=1S/C24H40N2Si.2ClH.Zr/c1-23(2,3)17-13-15-19(25(7)8)21(17)27(11,12)22-18(24(4,5)6)14-16-20(22)26(9)10;;;/h13-14H2,1-12H3;2*1H;/q-2;;;+4/p-2. The molecule has 0 aromatic heterocycles. The van der Waals surface area contributed by atoms with Crippen LogP contribution in [0.25, 0.3) is 0 Å². The van der Waals surface area contributed by atoms with Gasteiger partial charge in [-0.05, 0) is 10.8 Å². The van der Waals surface area contributed by atoms with Gasteiger partial charge in [0.05, 0.1) is 0 Å². The van der Waals surface area contributed by atoms with Gasteiger partial charge in [0.1, 0.15) is 0 Å². The van der Waals surface area contributed by atoms with Crippen LogP contribution in [0, 0.1) is 23.0 Å². The maximum absolute atomic E-state index is 3.73. The summed E-state index contributed by atoms with van der Waals surface area (Å²) in [5, 5.41) is 3.19. The van der Waals surface area contributed by atoms with E-state index in [0.717, 1.165) is 12.8 Å². The molecule has 0 aromatic carbocycles. The third kappa shape index (κ3) is 6.18. The van der Waals surface area contributed by atoms with Crippen molar-refractivity contribution in [2.45, 2.75) is 67.5 Å². The van der Waals surface area contributed by atoms with E-state index in [1.165, 1.54) is 11.4 Å². The third-order valence-corrected chi connectivity index (χ3v) is 9.47. The van der Waals surface area contributed by atoms with E-state index in [2.05, 4.69) is 105 Å². The van der Waals surface area contributed by atoms with Crippen molar-refractivity contribution in [2.75, 3.05) is 28.2 Å². The molecule has 6 heteroatoms. The Morgan fingerprint density at radius 3 is 1.13 bits per heavy atom. The van der Waals surface area contributed by atoms with Gasteiger partial charge in [0.2, 0.25) is 0 Å². The summed E-state index contributed by atoms with van der Waals surface area (Å²) in [6.07, 6.45) is 9.38. The first-order valence-corrected chi connectivity index (χ1v) is 13.2. The molecule has 0 saturated carbocycles. The first-order valence-electron chi connectivity index (χ1n) is 10.2. The van der Waals surface area contributed by atoms with E-state index in [4.69, 9.17) is 0 Å². The van der Waals surface area contributed by atoms with E-state index in [9.17, 15) is 0 Å². The average Bonchev–Trinajstić information content (AvgIpc) is 3.11. The first kappa shape index (κ1) is 32.4. The number of nitrogens with zero attached hydrogens (tertiary/aromatic N) is 2. The predicted octanol–water partition coefficient (Wildman–Crippen LogP) is -0.231. The average molecular weight is 547 g/mol. The molecule has 0 N–H and O–H groups in total. The fourth-order valence-corrected chi connectivity index (χ4v) is 8.99. The number of allylic oxidation sites excluding steroid dienone is 6. The molecule has 2 aliphatic rings. The van der Waals surface area contributed by atoms with Crippen molar-refractivity contribution in [2.24, 2.45) is 10.8 Å². The van der Waals surface area contributed by atoms with Gasteiger partial charge < -0.3 is 34.6 Å². The van der Waals surface area contributed by atoms with Crippen LogP contribution < -0.4 is 24.8 Å². The van der Waals surface area contributed by atoms with Gasteiger partial charge in [-0.3, -0.25) is 0 Å². The van der Waals surface area contributed by atoms with Gasteiger partial charge in [0.25, 0.3) is 0 Å². The van der Waals surface area contributed by atoms with E-state index in [0.29, 0.717) is 0 Å². The van der Waals surface area contributed by atoms with Crippen LogP contribution in [0.1, 0.15) is 54.4 Å². The van der Waals surface area contributed by atoms with Crippen molar-refractivity contribution in [3.8, 4) is 0 Å². The minimum atomic E-state index is -1.96. The Kier molecular flexibility index (Phi) is 11.8. The van der Waals surface area contributed by atoms with Crippen LogP contribution in [0.15, 0.2) is 32.9 Å². The fourth-order valence-electron chi connectivity index (χ4n) is 4.50. The summed E-state index contributed by atoms with van der Waals surface area (Å²) in [5.74, 6) is 0. The van der Waals surface area contributed by atoms with Crippen molar-refractivity contribution in [3.05, 3.63) is 45.1 Å². The van der Waals surface area contributed by atoms with Gasteiger partial charge >= 0.3 is 26.2 Å². The van der Waals surface area contributed by atoms with Gasteiger partial charge in [0, 0.05) is 28.2 Å². The van der Waals surface area contributed by atoms with Crippen molar-refractivity contribution in [1.82, 2.24) is 9.80 Å². The SMILES string of the molecule is CN(C)C1=[C-]CC(C(C)(C)C)=C1[Si](C)(C)C1=C(C(C)(C)C)C[C-]=C1N(C)C.[Cl-].[Cl-].[Zr+4]. The molecule has 0 atom stereocenters. The topological polar surface area (TPSA) is 6.48 Å². The van der Waals surface area contributed by atoms with Gasteiger partial charge in [-0.2, -0.15) is 21.5 Å². The molecule has 0 radical (unpaired) electrons. The molecule has 0 aliphatic heterocycles. The molecule has 2 nitrogen and oxygen atoms in total. The summed E-state index contributed by atoms with van der Waals surface area (Å²) in [6, 6.07) is 0. The molecule has 2 aliphatic carbocycles. The Balaban J connectivity index is 0. The summed E-state index contributed by atoms with van der Waals surface area (Å²) in [7, 11) is 6.71. The summed E-state index contributed by atoms with van der Waals surface area (Å²) >= 11 is 0. The van der Waals surface area contributed by atoms with Gasteiger partial charge in [-0.25, -0.2) is 12.2 Å². The summed E-state index contributed by atoms with van der Waals surface area (Å²) in [6.45, 7) is 19.2. The first-order chi connectivity index (χ1) is 12.1. The maximum Gasteiger partial charge on any atom is 4.00 e. The molecule has 0 heterocycles. The Hall–Kier alpha value is 0.240. The molecular weight excluding hydrogens is 506 g/mol. The number of likely N-dealkylation sites (N-methyl/N-ethyl adjacent to an activating group) is 2. The van der Waals surface area contributed by atoms with Crippen LogP contribution in [-0.2, 0) is 26.2 Å². The Labute approximate surface area is 219 Å².